The van der Waals surface area contributed by atoms with Crippen LogP contribution in [0.1, 0.15) is 25.0 Å². The molecule has 4 aromatic rings. The zero-order valence-corrected chi connectivity index (χ0v) is 17.6. The lowest BCUT2D eigenvalue weighted by molar-refractivity contribution is 0.662. The topological polar surface area (TPSA) is 0 Å². The van der Waals surface area contributed by atoms with Crippen molar-refractivity contribution in [1.29, 1.82) is 0 Å². The van der Waals surface area contributed by atoms with Gasteiger partial charge < -0.3 is 0 Å². The van der Waals surface area contributed by atoms with Crippen LogP contribution in [0.4, 0.5) is 0 Å². The van der Waals surface area contributed by atoms with Gasteiger partial charge in [-0.05, 0) is 45.0 Å². The molecule has 0 aliphatic heterocycles. The minimum atomic E-state index is -0.0542. The van der Waals surface area contributed by atoms with E-state index in [-0.39, 0.29) is 5.41 Å². The summed E-state index contributed by atoms with van der Waals surface area (Å²) in [6.07, 6.45) is 0. The smallest absolute Gasteiger partial charge is 0.0266 e. The van der Waals surface area contributed by atoms with E-state index >= 15 is 0 Å². The Labute approximate surface area is 175 Å². The van der Waals surface area contributed by atoms with Gasteiger partial charge in [0.05, 0.1) is 0 Å². The zero-order chi connectivity index (χ0) is 19.3. The molecule has 5 rings (SSSR count). The Bertz CT molecular complexity index is 1170. The van der Waals surface area contributed by atoms with Crippen molar-refractivity contribution in [3.05, 3.63) is 107 Å². The first-order chi connectivity index (χ1) is 13.6. The van der Waals surface area contributed by atoms with Gasteiger partial charge in [-0.25, -0.2) is 0 Å². The molecule has 0 N–H and O–H groups in total. The van der Waals surface area contributed by atoms with Crippen molar-refractivity contribution in [1.82, 2.24) is 0 Å². The van der Waals surface area contributed by atoms with Crippen molar-refractivity contribution in [3.8, 4) is 33.4 Å². The third kappa shape index (κ3) is 2.50. The van der Waals surface area contributed by atoms with Gasteiger partial charge in [-0.3, -0.25) is 0 Å². The van der Waals surface area contributed by atoms with Gasteiger partial charge in [0, 0.05) is 15.5 Å². The predicted molar refractivity (Wildman–Crippen MR) is 123 cm³/mol. The average Bonchev–Trinajstić information content (AvgIpc) is 2.95. The lowest BCUT2D eigenvalue weighted by Crippen LogP contribution is -2.16. The predicted octanol–water partition coefficient (Wildman–Crippen LogP) is 8.09. The molecule has 0 saturated heterocycles. The molecular weight excluding hydrogens is 404 g/mol. The van der Waals surface area contributed by atoms with Crippen LogP contribution >= 0.6 is 15.9 Å². The Morgan fingerprint density at radius 3 is 1.79 bits per heavy atom. The molecule has 1 aliphatic carbocycles. The van der Waals surface area contributed by atoms with E-state index in [4.69, 9.17) is 0 Å². The van der Waals surface area contributed by atoms with Crippen LogP contribution in [0, 0.1) is 0 Å². The van der Waals surface area contributed by atoms with Gasteiger partial charge in [-0.15, -0.1) is 0 Å². The molecule has 0 atom stereocenters. The van der Waals surface area contributed by atoms with Crippen LogP contribution in [0.5, 0.6) is 0 Å². The van der Waals surface area contributed by atoms with Crippen LogP contribution in [0.15, 0.2) is 95.5 Å². The fraction of sp³-hybridized carbons (Fsp3) is 0.111. The molecule has 0 spiro atoms. The molecule has 1 aliphatic rings. The lowest BCUT2D eigenvalue weighted by Gasteiger charge is -2.27. The van der Waals surface area contributed by atoms with Crippen LogP contribution in [0.25, 0.3) is 33.4 Å². The quantitative estimate of drug-likeness (QED) is 0.304. The second kappa shape index (κ2) is 6.46. The molecule has 0 fully saturated rings. The highest BCUT2D eigenvalue weighted by Crippen LogP contribution is 2.56. The van der Waals surface area contributed by atoms with Crippen LogP contribution in [-0.2, 0) is 5.41 Å². The highest BCUT2D eigenvalue weighted by atomic mass is 79.9. The molecule has 0 amide bonds. The maximum atomic E-state index is 3.92. The highest BCUT2D eigenvalue weighted by Gasteiger charge is 2.39. The fourth-order valence-electron chi connectivity index (χ4n) is 4.69. The Morgan fingerprint density at radius 1 is 0.607 bits per heavy atom. The van der Waals surface area contributed by atoms with E-state index in [1.54, 1.807) is 0 Å². The van der Waals surface area contributed by atoms with E-state index in [2.05, 4.69) is 121 Å². The number of halogens is 1. The molecule has 28 heavy (non-hydrogen) atoms. The Hall–Kier alpha value is -2.64. The molecule has 0 saturated carbocycles. The monoisotopic (exact) mass is 424 g/mol. The van der Waals surface area contributed by atoms with Gasteiger partial charge in [-0.1, -0.05) is 115 Å². The Morgan fingerprint density at radius 2 is 1.14 bits per heavy atom. The summed E-state index contributed by atoms with van der Waals surface area (Å²) in [7, 11) is 0. The van der Waals surface area contributed by atoms with Crippen molar-refractivity contribution in [2.45, 2.75) is 19.3 Å². The largest absolute Gasteiger partial charge is 0.0622 e. The molecule has 0 nitrogen and oxygen atoms in total. The van der Waals surface area contributed by atoms with Crippen LogP contribution in [0.2, 0.25) is 0 Å². The Balaban J connectivity index is 1.95. The minimum absolute atomic E-state index is 0.0542. The van der Waals surface area contributed by atoms with Crippen molar-refractivity contribution >= 4 is 15.9 Å². The van der Waals surface area contributed by atoms with Crippen LogP contribution < -0.4 is 0 Å². The minimum Gasteiger partial charge on any atom is -0.0622 e. The van der Waals surface area contributed by atoms with E-state index in [0.717, 1.165) is 4.47 Å². The number of benzene rings is 4. The first-order valence-corrected chi connectivity index (χ1v) is 10.5. The van der Waals surface area contributed by atoms with Crippen molar-refractivity contribution in [2.24, 2.45) is 0 Å². The maximum absolute atomic E-state index is 3.92. The molecular formula is C27H21Br. The molecule has 0 unspecified atom stereocenters. The highest BCUT2D eigenvalue weighted by molar-refractivity contribution is 9.10. The second-order valence-electron chi connectivity index (χ2n) is 7.93. The Kier molecular flexibility index (Phi) is 4.03. The van der Waals surface area contributed by atoms with Gasteiger partial charge >= 0.3 is 0 Å². The number of fused-ring (bicyclic) bond motifs is 3. The van der Waals surface area contributed by atoms with Crippen LogP contribution in [-0.4, -0.2) is 0 Å². The van der Waals surface area contributed by atoms with E-state index in [1.165, 1.54) is 44.5 Å². The summed E-state index contributed by atoms with van der Waals surface area (Å²) in [5.41, 5.74) is 10.6. The standard InChI is InChI=1S/C27H21Br/c1-27(2)22-16-10-9-15-20(22)21-17-23(28)24(18-11-5-3-6-12-18)25(26(21)27)19-13-7-4-8-14-19/h3-17H,1-2H3. The van der Waals surface area contributed by atoms with Gasteiger partial charge in [0.1, 0.15) is 0 Å². The summed E-state index contributed by atoms with van der Waals surface area (Å²) in [6, 6.07) is 32.7. The first kappa shape index (κ1) is 17.5. The van der Waals surface area contributed by atoms with Gasteiger partial charge in [0.2, 0.25) is 0 Å². The fourth-order valence-corrected chi connectivity index (χ4v) is 5.35. The van der Waals surface area contributed by atoms with Crippen LogP contribution in [0.3, 0.4) is 0 Å². The zero-order valence-electron chi connectivity index (χ0n) is 16.0. The number of hydrogen-bond acceptors (Lipinski definition) is 0. The molecule has 0 heterocycles. The SMILES string of the molecule is CC1(C)c2ccccc2-c2cc(Br)c(-c3ccccc3)c(-c3ccccc3)c21. The van der Waals surface area contributed by atoms with Gasteiger partial charge in [0.15, 0.2) is 0 Å². The number of rotatable bonds is 2. The molecule has 4 aromatic carbocycles. The maximum Gasteiger partial charge on any atom is 0.0266 e. The van der Waals surface area contributed by atoms with Gasteiger partial charge in [-0.2, -0.15) is 0 Å². The van der Waals surface area contributed by atoms with Crippen molar-refractivity contribution < 1.29 is 0 Å². The van der Waals surface area contributed by atoms with E-state index < -0.39 is 0 Å². The van der Waals surface area contributed by atoms with E-state index in [9.17, 15) is 0 Å². The third-order valence-corrected chi connectivity index (χ3v) is 6.55. The summed E-state index contributed by atoms with van der Waals surface area (Å²) in [6.45, 7) is 4.71. The van der Waals surface area contributed by atoms with Crippen molar-refractivity contribution in [3.63, 3.8) is 0 Å². The molecule has 0 aromatic heterocycles. The lowest BCUT2D eigenvalue weighted by atomic mass is 9.76. The van der Waals surface area contributed by atoms with Gasteiger partial charge in [0.25, 0.3) is 0 Å². The average molecular weight is 425 g/mol. The summed E-state index contributed by atoms with van der Waals surface area (Å²) >= 11 is 3.92. The normalized spacial score (nSPS) is 13.8. The first-order valence-electron chi connectivity index (χ1n) is 9.67. The number of hydrogen-bond donors (Lipinski definition) is 0. The van der Waals surface area contributed by atoms with Crippen molar-refractivity contribution in [2.75, 3.05) is 0 Å². The van der Waals surface area contributed by atoms with E-state index in [0.29, 0.717) is 0 Å². The molecule has 1 heteroatoms. The second-order valence-corrected chi connectivity index (χ2v) is 8.79. The molecule has 0 radical (unpaired) electrons. The molecule has 136 valence electrons. The summed E-state index contributed by atoms with van der Waals surface area (Å²) in [5, 5.41) is 0. The summed E-state index contributed by atoms with van der Waals surface area (Å²) in [4.78, 5) is 0. The molecule has 0 bridgehead atoms. The summed E-state index contributed by atoms with van der Waals surface area (Å²) in [5.74, 6) is 0. The summed E-state index contributed by atoms with van der Waals surface area (Å²) < 4.78 is 1.14. The third-order valence-electron chi connectivity index (χ3n) is 5.92. The van der Waals surface area contributed by atoms with E-state index in [1.807, 2.05) is 0 Å².